The number of anilines is 1. The van der Waals surface area contributed by atoms with Gasteiger partial charge in [-0.15, -0.1) is 0 Å². The highest BCUT2D eigenvalue weighted by Crippen LogP contribution is 2.31. The molecule has 0 unspecified atom stereocenters. The summed E-state index contributed by atoms with van der Waals surface area (Å²) in [7, 11) is -3.62. The number of hydrogen-bond donors (Lipinski definition) is 0. The van der Waals surface area contributed by atoms with Crippen LogP contribution in [0.2, 0.25) is 10.0 Å². The number of halogens is 2. The van der Waals surface area contributed by atoms with Crippen LogP contribution in [0.4, 0.5) is 5.82 Å². The Balaban J connectivity index is 1.50. The summed E-state index contributed by atoms with van der Waals surface area (Å²) in [6.07, 6.45) is 0.662. The van der Waals surface area contributed by atoms with Crippen LogP contribution < -0.4 is 4.90 Å². The first-order valence-corrected chi connectivity index (χ1v) is 13.4. The third-order valence-corrected chi connectivity index (χ3v) is 8.57. The second kappa shape index (κ2) is 9.39. The highest BCUT2D eigenvalue weighted by molar-refractivity contribution is 7.89. The maximum Gasteiger partial charge on any atom is 0.243 e. The molecule has 0 bridgehead atoms. The van der Waals surface area contributed by atoms with Gasteiger partial charge < -0.3 is 4.90 Å². The van der Waals surface area contributed by atoms with E-state index in [2.05, 4.69) is 9.88 Å². The smallest absolute Gasteiger partial charge is 0.243 e. The van der Waals surface area contributed by atoms with Gasteiger partial charge in [0.2, 0.25) is 10.0 Å². The molecule has 0 spiro atoms. The van der Waals surface area contributed by atoms with Gasteiger partial charge in [0.1, 0.15) is 11.6 Å². The number of benzene rings is 2. The lowest BCUT2D eigenvalue weighted by atomic mass is 10.2. The van der Waals surface area contributed by atoms with Crippen molar-refractivity contribution in [1.29, 1.82) is 0 Å². The van der Waals surface area contributed by atoms with E-state index in [-0.39, 0.29) is 4.90 Å². The summed E-state index contributed by atoms with van der Waals surface area (Å²) in [4.78, 5) is 11.8. The predicted molar refractivity (Wildman–Crippen MR) is 138 cm³/mol. The Bertz CT molecular complexity index is 1500. The molecular formula is C24H24Cl2N6O2S. The van der Waals surface area contributed by atoms with Crippen LogP contribution >= 0.6 is 23.2 Å². The van der Waals surface area contributed by atoms with Gasteiger partial charge in [-0.1, -0.05) is 35.3 Å². The van der Waals surface area contributed by atoms with E-state index in [0.717, 1.165) is 22.6 Å². The van der Waals surface area contributed by atoms with Gasteiger partial charge in [-0.25, -0.2) is 23.1 Å². The summed E-state index contributed by atoms with van der Waals surface area (Å²) < 4.78 is 29.7. The van der Waals surface area contributed by atoms with E-state index in [1.807, 2.05) is 38.1 Å². The van der Waals surface area contributed by atoms with E-state index >= 15 is 0 Å². The van der Waals surface area contributed by atoms with Crippen LogP contribution in [0.3, 0.4) is 0 Å². The maximum atomic E-state index is 13.2. The lowest BCUT2D eigenvalue weighted by Crippen LogP contribution is -2.35. The molecule has 1 aliphatic heterocycles. The van der Waals surface area contributed by atoms with Crippen LogP contribution in [0.25, 0.3) is 16.7 Å². The van der Waals surface area contributed by atoms with Crippen LogP contribution in [-0.4, -0.2) is 58.7 Å². The molecule has 4 aromatic rings. The zero-order valence-corrected chi connectivity index (χ0v) is 21.6. The standard InChI is InChI=1S/C24H24Cl2N6O2S/c1-16-22-23(27-17(2)28-24(22)32(29-16)21-7-4-3-6-20(21)26)30-12-5-13-31(15-14-30)35(33,34)19-10-8-18(25)9-11-19/h3-4,6-11H,5,12-15H2,1-2H3. The van der Waals surface area contributed by atoms with Crippen molar-refractivity contribution in [2.75, 3.05) is 31.1 Å². The van der Waals surface area contributed by atoms with E-state index in [4.69, 9.17) is 33.3 Å². The Morgan fingerprint density at radius 3 is 2.37 bits per heavy atom. The normalized spacial score (nSPS) is 15.5. The average Bonchev–Trinajstić information content (AvgIpc) is 2.99. The van der Waals surface area contributed by atoms with Crippen molar-refractivity contribution < 1.29 is 8.42 Å². The molecule has 0 radical (unpaired) electrons. The third kappa shape index (κ3) is 4.49. The van der Waals surface area contributed by atoms with Crippen LogP contribution in [0.5, 0.6) is 0 Å². The highest BCUT2D eigenvalue weighted by Gasteiger charge is 2.29. The van der Waals surface area contributed by atoms with Crippen molar-refractivity contribution in [3.63, 3.8) is 0 Å². The molecule has 11 heteroatoms. The molecule has 3 heterocycles. The zero-order chi connectivity index (χ0) is 24.7. The molecule has 182 valence electrons. The number of hydrogen-bond acceptors (Lipinski definition) is 6. The number of aryl methyl sites for hydroxylation is 2. The number of sulfonamides is 1. The van der Waals surface area contributed by atoms with E-state index in [0.29, 0.717) is 54.1 Å². The van der Waals surface area contributed by atoms with Crippen molar-refractivity contribution in [3.8, 4) is 5.69 Å². The van der Waals surface area contributed by atoms with Gasteiger partial charge in [0.25, 0.3) is 0 Å². The van der Waals surface area contributed by atoms with Crippen LogP contribution in [-0.2, 0) is 10.0 Å². The maximum absolute atomic E-state index is 13.2. The van der Waals surface area contributed by atoms with Crippen LogP contribution in [0, 0.1) is 13.8 Å². The number of aromatic nitrogens is 4. The molecule has 2 aromatic heterocycles. The SMILES string of the molecule is Cc1nc(N2CCCN(S(=O)(=O)c3ccc(Cl)cc3)CC2)c2c(C)nn(-c3ccccc3Cl)c2n1. The number of fused-ring (bicyclic) bond motifs is 1. The molecule has 35 heavy (non-hydrogen) atoms. The largest absolute Gasteiger partial charge is 0.355 e. The minimum absolute atomic E-state index is 0.243. The summed E-state index contributed by atoms with van der Waals surface area (Å²) in [5.74, 6) is 1.37. The second-order valence-electron chi connectivity index (χ2n) is 8.44. The van der Waals surface area contributed by atoms with Crippen molar-refractivity contribution in [1.82, 2.24) is 24.1 Å². The summed E-state index contributed by atoms with van der Waals surface area (Å²) in [6.45, 7) is 5.69. The minimum atomic E-state index is -3.62. The summed E-state index contributed by atoms with van der Waals surface area (Å²) >= 11 is 12.4. The van der Waals surface area contributed by atoms with Crippen molar-refractivity contribution in [3.05, 3.63) is 70.1 Å². The molecule has 1 aliphatic rings. The first kappa shape index (κ1) is 24.0. The molecule has 2 aromatic carbocycles. The lowest BCUT2D eigenvalue weighted by Gasteiger charge is -2.23. The molecule has 0 atom stereocenters. The lowest BCUT2D eigenvalue weighted by molar-refractivity contribution is 0.433. The van der Waals surface area contributed by atoms with Gasteiger partial charge in [0, 0.05) is 31.2 Å². The van der Waals surface area contributed by atoms with Crippen molar-refractivity contribution >= 4 is 50.1 Å². The molecule has 0 N–H and O–H groups in total. The Kier molecular flexibility index (Phi) is 6.43. The van der Waals surface area contributed by atoms with E-state index in [1.54, 1.807) is 28.9 Å². The van der Waals surface area contributed by atoms with Crippen LogP contribution in [0.15, 0.2) is 53.4 Å². The van der Waals surface area contributed by atoms with Gasteiger partial charge in [-0.3, -0.25) is 0 Å². The van der Waals surface area contributed by atoms with Crippen molar-refractivity contribution in [2.24, 2.45) is 0 Å². The van der Waals surface area contributed by atoms with E-state index in [9.17, 15) is 8.42 Å². The molecule has 0 aliphatic carbocycles. The van der Waals surface area contributed by atoms with Gasteiger partial charge in [0.15, 0.2) is 5.65 Å². The average molecular weight is 531 g/mol. The molecular weight excluding hydrogens is 507 g/mol. The zero-order valence-electron chi connectivity index (χ0n) is 19.3. The van der Waals surface area contributed by atoms with Gasteiger partial charge in [-0.05, 0) is 56.7 Å². The molecule has 1 saturated heterocycles. The number of para-hydroxylation sites is 1. The summed E-state index contributed by atoms with van der Waals surface area (Å²) in [5.41, 5.74) is 2.20. The third-order valence-electron chi connectivity index (χ3n) is 6.08. The van der Waals surface area contributed by atoms with E-state index in [1.165, 1.54) is 4.31 Å². The predicted octanol–water partition coefficient (Wildman–Crippen LogP) is 4.64. The molecule has 0 saturated carbocycles. The number of rotatable bonds is 4. The van der Waals surface area contributed by atoms with Crippen molar-refractivity contribution in [2.45, 2.75) is 25.2 Å². The molecule has 8 nitrogen and oxygen atoms in total. The fourth-order valence-electron chi connectivity index (χ4n) is 4.39. The Hall–Kier alpha value is -2.72. The van der Waals surface area contributed by atoms with Gasteiger partial charge in [-0.2, -0.15) is 9.40 Å². The second-order valence-corrected chi connectivity index (χ2v) is 11.2. The summed E-state index contributed by atoms with van der Waals surface area (Å²) in [5, 5.41) is 6.64. The van der Waals surface area contributed by atoms with Crippen LogP contribution in [0.1, 0.15) is 17.9 Å². The number of nitrogens with zero attached hydrogens (tertiary/aromatic N) is 6. The fraction of sp³-hybridized carbons (Fsp3) is 0.292. The fourth-order valence-corrected chi connectivity index (χ4v) is 6.20. The molecule has 5 rings (SSSR count). The Morgan fingerprint density at radius 1 is 0.886 bits per heavy atom. The molecule has 0 amide bonds. The molecule has 1 fully saturated rings. The minimum Gasteiger partial charge on any atom is -0.355 e. The quantitative estimate of drug-likeness (QED) is 0.382. The Morgan fingerprint density at radius 2 is 1.63 bits per heavy atom. The summed E-state index contributed by atoms with van der Waals surface area (Å²) in [6, 6.07) is 13.8. The monoisotopic (exact) mass is 530 g/mol. The van der Waals surface area contributed by atoms with E-state index < -0.39 is 10.0 Å². The first-order chi connectivity index (χ1) is 16.8. The van der Waals surface area contributed by atoms with Gasteiger partial charge >= 0.3 is 0 Å². The topological polar surface area (TPSA) is 84.2 Å². The Labute approximate surface area is 214 Å². The first-order valence-electron chi connectivity index (χ1n) is 11.3. The highest BCUT2D eigenvalue weighted by atomic mass is 35.5. The van der Waals surface area contributed by atoms with Gasteiger partial charge in [0.05, 0.1) is 26.7 Å².